The van der Waals surface area contributed by atoms with E-state index >= 15 is 0 Å². The van der Waals surface area contributed by atoms with Gasteiger partial charge in [0.25, 0.3) is 11.8 Å². The van der Waals surface area contributed by atoms with Gasteiger partial charge in [0, 0.05) is 10.2 Å². The Morgan fingerprint density at radius 2 is 1.94 bits per heavy atom. The molecule has 0 fully saturated rings. The molecule has 5 heteroatoms. The SMILES string of the molecule is CCOCCN1C(=O)c2ccc(I)cc2C1=O. The number of benzene rings is 1. The largest absolute Gasteiger partial charge is 0.380 e. The first-order valence-electron chi connectivity index (χ1n) is 5.38. The predicted molar refractivity (Wildman–Crippen MR) is 71.0 cm³/mol. The second-order valence-corrected chi connectivity index (χ2v) is 4.89. The van der Waals surface area contributed by atoms with Gasteiger partial charge in [0.15, 0.2) is 0 Å². The highest BCUT2D eigenvalue weighted by Crippen LogP contribution is 2.24. The first-order valence-corrected chi connectivity index (χ1v) is 6.46. The second kappa shape index (κ2) is 5.14. The minimum atomic E-state index is -0.221. The summed E-state index contributed by atoms with van der Waals surface area (Å²) in [6.45, 7) is 3.17. The van der Waals surface area contributed by atoms with Crippen LogP contribution in [0.3, 0.4) is 0 Å². The van der Waals surface area contributed by atoms with Crippen molar-refractivity contribution in [1.82, 2.24) is 4.90 Å². The molecule has 1 aromatic rings. The van der Waals surface area contributed by atoms with Crippen molar-refractivity contribution in [1.29, 1.82) is 0 Å². The van der Waals surface area contributed by atoms with E-state index in [2.05, 4.69) is 22.6 Å². The van der Waals surface area contributed by atoms with Crippen LogP contribution in [0.15, 0.2) is 18.2 Å². The molecule has 0 atom stereocenters. The second-order valence-electron chi connectivity index (χ2n) is 3.65. The summed E-state index contributed by atoms with van der Waals surface area (Å²) < 4.78 is 6.12. The summed E-state index contributed by atoms with van der Waals surface area (Å²) in [5.41, 5.74) is 0.991. The molecule has 0 N–H and O–H groups in total. The van der Waals surface area contributed by atoms with Gasteiger partial charge in [0.2, 0.25) is 0 Å². The van der Waals surface area contributed by atoms with Crippen molar-refractivity contribution >= 4 is 34.4 Å². The molecule has 0 unspecified atom stereocenters. The molecular formula is C12H12INO3. The average Bonchev–Trinajstić information content (AvgIpc) is 2.54. The summed E-state index contributed by atoms with van der Waals surface area (Å²) in [7, 11) is 0. The van der Waals surface area contributed by atoms with Crippen LogP contribution in [0.4, 0.5) is 0 Å². The molecule has 2 amide bonds. The van der Waals surface area contributed by atoms with Crippen LogP contribution in [0.5, 0.6) is 0 Å². The molecular weight excluding hydrogens is 333 g/mol. The van der Waals surface area contributed by atoms with Gasteiger partial charge in [-0.3, -0.25) is 14.5 Å². The maximum atomic E-state index is 12.0. The number of imide groups is 1. The van der Waals surface area contributed by atoms with Crippen LogP contribution < -0.4 is 0 Å². The number of amides is 2. The number of hydrogen-bond donors (Lipinski definition) is 0. The molecule has 90 valence electrons. The van der Waals surface area contributed by atoms with E-state index in [9.17, 15) is 9.59 Å². The van der Waals surface area contributed by atoms with E-state index in [1.54, 1.807) is 12.1 Å². The van der Waals surface area contributed by atoms with Gasteiger partial charge in [-0.2, -0.15) is 0 Å². The summed E-state index contributed by atoms with van der Waals surface area (Å²) in [4.78, 5) is 25.2. The van der Waals surface area contributed by atoms with Crippen molar-refractivity contribution < 1.29 is 14.3 Å². The number of nitrogens with zero attached hydrogens (tertiary/aromatic N) is 1. The molecule has 0 saturated carbocycles. The van der Waals surface area contributed by atoms with Gasteiger partial charge in [0.05, 0.1) is 24.3 Å². The van der Waals surface area contributed by atoms with Crippen LogP contribution in [0.1, 0.15) is 27.6 Å². The average molecular weight is 345 g/mol. The normalized spacial score (nSPS) is 14.4. The molecule has 0 aromatic heterocycles. The third-order valence-electron chi connectivity index (χ3n) is 2.60. The number of hydrogen-bond acceptors (Lipinski definition) is 3. The van der Waals surface area contributed by atoms with Crippen LogP contribution in [0.25, 0.3) is 0 Å². The first kappa shape index (κ1) is 12.5. The molecule has 1 aliphatic rings. The number of carbonyl (C=O) groups is 2. The van der Waals surface area contributed by atoms with Crippen molar-refractivity contribution in [2.24, 2.45) is 0 Å². The van der Waals surface area contributed by atoms with Crippen molar-refractivity contribution in [3.63, 3.8) is 0 Å². The Bertz CT molecular complexity index is 473. The van der Waals surface area contributed by atoms with Crippen LogP contribution >= 0.6 is 22.6 Å². The first-order chi connectivity index (χ1) is 8.15. The van der Waals surface area contributed by atoms with Gasteiger partial charge >= 0.3 is 0 Å². The highest BCUT2D eigenvalue weighted by Gasteiger charge is 2.34. The van der Waals surface area contributed by atoms with Gasteiger partial charge in [-0.1, -0.05) is 0 Å². The molecule has 17 heavy (non-hydrogen) atoms. The smallest absolute Gasteiger partial charge is 0.261 e. The van der Waals surface area contributed by atoms with Gasteiger partial charge in [0.1, 0.15) is 0 Å². The molecule has 2 rings (SSSR count). The lowest BCUT2D eigenvalue weighted by Gasteiger charge is -2.12. The molecule has 0 saturated heterocycles. The highest BCUT2D eigenvalue weighted by atomic mass is 127. The van der Waals surface area contributed by atoms with Crippen LogP contribution in [0.2, 0.25) is 0 Å². The molecule has 0 radical (unpaired) electrons. The van der Waals surface area contributed by atoms with Gasteiger partial charge in [-0.25, -0.2) is 0 Å². The topological polar surface area (TPSA) is 46.6 Å². The minimum Gasteiger partial charge on any atom is -0.380 e. The number of ether oxygens (including phenoxy) is 1. The van der Waals surface area contributed by atoms with Crippen molar-refractivity contribution in [2.75, 3.05) is 19.8 Å². The number of rotatable bonds is 4. The standard InChI is InChI=1S/C12H12INO3/c1-2-17-6-5-14-11(15)9-4-3-8(13)7-10(9)12(14)16/h3-4,7H,2,5-6H2,1H3. The lowest BCUT2D eigenvalue weighted by atomic mass is 10.1. The molecule has 4 nitrogen and oxygen atoms in total. The zero-order chi connectivity index (χ0) is 12.4. The van der Waals surface area contributed by atoms with Crippen molar-refractivity contribution in [3.05, 3.63) is 32.9 Å². The highest BCUT2D eigenvalue weighted by molar-refractivity contribution is 14.1. The summed E-state index contributed by atoms with van der Waals surface area (Å²) in [6, 6.07) is 5.28. The van der Waals surface area contributed by atoms with Crippen molar-refractivity contribution in [3.8, 4) is 0 Å². The third kappa shape index (κ3) is 2.35. The lowest BCUT2D eigenvalue weighted by Crippen LogP contribution is -2.33. The Labute approximate surface area is 113 Å². The number of halogens is 1. The molecule has 1 aliphatic heterocycles. The Kier molecular flexibility index (Phi) is 3.78. The van der Waals surface area contributed by atoms with Gasteiger partial charge in [-0.15, -0.1) is 0 Å². The molecule has 0 bridgehead atoms. The third-order valence-corrected chi connectivity index (χ3v) is 3.27. The fourth-order valence-electron chi connectivity index (χ4n) is 1.77. The zero-order valence-corrected chi connectivity index (χ0v) is 11.6. The molecule has 0 aliphatic carbocycles. The van der Waals surface area contributed by atoms with E-state index in [4.69, 9.17) is 4.74 Å². The Hall–Kier alpha value is -0.950. The minimum absolute atomic E-state index is 0.219. The number of carbonyl (C=O) groups excluding carboxylic acids is 2. The maximum absolute atomic E-state index is 12.0. The summed E-state index contributed by atoms with van der Waals surface area (Å²) >= 11 is 2.13. The van der Waals surface area contributed by atoms with Crippen LogP contribution in [-0.2, 0) is 4.74 Å². The van der Waals surface area contributed by atoms with Gasteiger partial charge in [-0.05, 0) is 47.7 Å². The fourth-order valence-corrected chi connectivity index (χ4v) is 2.26. The van der Waals surface area contributed by atoms with E-state index in [0.717, 1.165) is 3.57 Å². The lowest BCUT2D eigenvalue weighted by molar-refractivity contribution is 0.0574. The Morgan fingerprint density at radius 3 is 2.65 bits per heavy atom. The molecule has 0 spiro atoms. The van der Waals surface area contributed by atoms with Gasteiger partial charge < -0.3 is 4.74 Å². The quantitative estimate of drug-likeness (QED) is 0.476. The van der Waals surface area contributed by atoms with Crippen LogP contribution in [0, 0.1) is 3.57 Å². The summed E-state index contributed by atoms with van der Waals surface area (Å²) in [5, 5.41) is 0. The zero-order valence-electron chi connectivity index (χ0n) is 9.40. The summed E-state index contributed by atoms with van der Waals surface area (Å²) in [6.07, 6.45) is 0. The predicted octanol–water partition coefficient (Wildman–Crippen LogP) is 1.92. The van der Waals surface area contributed by atoms with E-state index in [-0.39, 0.29) is 11.8 Å². The monoisotopic (exact) mass is 345 g/mol. The van der Waals surface area contributed by atoms with E-state index in [1.165, 1.54) is 4.90 Å². The van der Waals surface area contributed by atoms with Crippen LogP contribution in [-0.4, -0.2) is 36.5 Å². The molecule has 1 heterocycles. The van der Waals surface area contributed by atoms with Crippen molar-refractivity contribution in [2.45, 2.75) is 6.92 Å². The maximum Gasteiger partial charge on any atom is 0.261 e. The van der Waals surface area contributed by atoms with E-state index in [1.807, 2.05) is 13.0 Å². The summed E-state index contributed by atoms with van der Waals surface area (Å²) in [5.74, 6) is -0.440. The molecule has 1 aromatic carbocycles. The Morgan fingerprint density at radius 1 is 1.24 bits per heavy atom. The van der Waals surface area contributed by atoms with E-state index < -0.39 is 0 Å². The Balaban J connectivity index is 2.20. The fraction of sp³-hybridized carbons (Fsp3) is 0.333. The number of fused-ring (bicyclic) bond motifs is 1. The van der Waals surface area contributed by atoms with E-state index in [0.29, 0.717) is 30.9 Å².